The monoisotopic (exact) mass is 589 g/mol. The zero-order valence-corrected chi connectivity index (χ0v) is 26.8. The van der Waals surface area contributed by atoms with Gasteiger partial charge in [-0.1, -0.05) is 83.2 Å². The van der Waals surface area contributed by atoms with Crippen molar-refractivity contribution in [3.63, 3.8) is 0 Å². The number of hydrogen-bond acceptors (Lipinski definition) is 6. The average Bonchev–Trinajstić information content (AvgIpc) is 3.38. The molecule has 1 aliphatic heterocycles. The summed E-state index contributed by atoms with van der Waals surface area (Å²) < 4.78 is 25.7. The second-order valence-electron chi connectivity index (χ2n) is 11.5. The van der Waals surface area contributed by atoms with Crippen LogP contribution in [0.1, 0.15) is 87.0 Å². The molecule has 2 aliphatic rings. The molecule has 10 heteroatoms. The van der Waals surface area contributed by atoms with Crippen LogP contribution in [-0.4, -0.2) is 82.1 Å². The Morgan fingerprint density at radius 2 is 1.75 bits per heavy atom. The number of carboxylic acids is 1. The number of rotatable bonds is 14. The predicted molar refractivity (Wildman–Crippen MR) is 159 cm³/mol. The van der Waals surface area contributed by atoms with E-state index in [4.69, 9.17) is 9.26 Å². The molecule has 1 aliphatic carbocycles. The summed E-state index contributed by atoms with van der Waals surface area (Å²) in [4.78, 5) is 39.2. The van der Waals surface area contributed by atoms with Crippen molar-refractivity contribution < 1.29 is 36.2 Å². The summed E-state index contributed by atoms with van der Waals surface area (Å²) in [5.41, 5.74) is 1.18. The van der Waals surface area contributed by atoms with E-state index >= 15 is 0 Å². The van der Waals surface area contributed by atoms with E-state index in [1.165, 1.54) is 16.9 Å². The molecule has 0 aromatic heterocycles. The standard InChI is InChI=1S/C30H46NO7P.Mg.2H/c1-4-28(33)37-30(22(2)3)38-39(36,18-12-11-15-23-13-7-5-8-14-23)21-27(32)31-20-25(19-26(31)29(34)35)24-16-9-6-10-17-24;;;/h5,7-8,13-14,22,24-26,30H,4,6,9-12,15-21H2,1-3H3,(H,34,35);;;/q;+2;2*-1/t25-,26+,30?,39-;;;/m1.../s1. The van der Waals surface area contributed by atoms with Gasteiger partial charge in [0, 0.05) is 25.0 Å². The Hall–Kier alpha value is -1.41. The van der Waals surface area contributed by atoms with Crippen LogP contribution in [0.2, 0.25) is 0 Å². The number of esters is 1. The van der Waals surface area contributed by atoms with E-state index in [0.717, 1.165) is 38.5 Å². The first-order valence-corrected chi connectivity index (χ1v) is 16.6. The molecule has 1 saturated heterocycles. The van der Waals surface area contributed by atoms with Crippen LogP contribution in [-0.2, 0) is 34.6 Å². The fraction of sp³-hybridized carbons (Fsp3) is 0.700. The van der Waals surface area contributed by atoms with Crippen molar-refractivity contribution in [2.45, 2.75) is 97.3 Å². The number of hydrogen-bond donors (Lipinski definition) is 1. The van der Waals surface area contributed by atoms with Crippen LogP contribution in [0.25, 0.3) is 0 Å². The minimum absolute atomic E-state index is 0. The summed E-state index contributed by atoms with van der Waals surface area (Å²) in [5, 5.41) is 9.92. The van der Waals surface area contributed by atoms with Gasteiger partial charge in [-0.15, -0.1) is 0 Å². The smallest absolute Gasteiger partial charge is 1.00 e. The molecular formula is C30H48MgNO7P. The largest absolute Gasteiger partial charge is 2.00 e. The third-order valence-electron chi connectivity index (χ3n) is 8.07. The average molecular weight is 590 g/mol. The predicted octanol–water partition coefficient (Wildman–Crippen LogP) is 5.97. The van der Waals surface area contributed by atoms with Crippen LogP contribution in [0.5, 0.6) is 0 Å². The fourth-order valence-electron chi connectivity index (χ4n) is 5.80. The van der Waals surface area contributed by atoms with Gasteiger partial charge >= 0.3 is 35.0 Å². The van der Waals surface area contributed by atoms with Gasteiger partial charge in [0.1, 0.15) is 12.2 Å². The maximum atomic E-state index is 14.2. The van der Waals surface area contributed by atoms with E-state index < -0.39 is 37.5 Å². The molecule has 2 fully saturated rings. The van der Waals surface area contributed by atoms with Crippen molar-refractivity contribution in [1.82, 2.24) is 4.90 Å². The summed E-state index contributed by atoms with van der Waals surface area (Å²) in [6, 6.07) is 9.10. The fourth-order valence-corrected chi connectivity index (χ4v) is 8.10. The first-order chi connectivity index (χ1) is 18.6. The second-order valence-corrected chi connectivity index (χ2v) is 14.1. The molecule has 40 heavy (non-hydrogen) atoms. The number of unbranched alkanes of at least 4 members (excludes halogenated alkanes) is 1. The number of ether oxygens (including phenoxy) is 1. The third kappa shape index (κ3) is 10.4. The Kier molecular flexibility index (Phi) is 14.7. The Bertz CT molecular complexity index is 1010. The second kappa shape index (κ2) is 16.9. The maximum absolute atomic E-state index is 14.2. The van der Waals surface area contributed by atoms with Gasteiger partial charge in [0.05, 0.1) is 0 Å². The maximum Gasteiger partial charge on any atom is 2.00 e. The van der Waals surface area contributed by atoms with E-state index in [2.05, 4.69) is 0 Å². The van der Waals surface area contributed by atoms with E-state index in [-0.39, 0.29) is 56.5 Å². The first kappa shape index (κ1) is 34.8. The molecule has 1 aromatic carbocycles. The summed E-state index contributed by atoms with van der Waals surface area (Å²) in [6.45, 7) is 5.68. The molecular weight excluding hydrogens is 542 g/mol. The van der Waals surface area contributed by atoms with Gasteiger partial charge in [-0.05, 0) is 43.1 Å². The SMILES string of the molecule is CCC(=O)OC(O[P@](=O)(CCCCc1ccccc1)CC(=O)N1C[C@H](C2CCCCC2)C[C@H]1C(=O)O)C(C)C.[H-].[H-].[Mg+2]. The minimum atomic E-state index is -3.60. The summed E-state index contributed by atoms with van der Waals surface area (Å²) in [6.07, 6.45) is 7.12. The molecule has 8 nitrogen and oxygen atoms in total. The van der Waals surface area contributed by atoms with Gasteiger partial charge in [-0.2, -0.15) is 0 Å². The van der Waals surface area contributed by atoms with Crippen molar-refractivity contribution >= 4 is 48.3 Å². The molecule has 1 unspecified atom stereocenters. The molecule has 1 saturated carbocycles. The van der Waals surface area contributed by atoms with E-state index in [1.54, 1.807) is 6.92 Å². The van der Waals surface area contributed by atoms with Crippen molar-refractivity contribution in [2.24, 2.45) is 17.8 Å². The molecule has 0 spiro atoms. The Morgan fingerprint density at radius 1 is 1.07 bits per heavy atom. The quantitative estimate of drug-likeness (QED) is 0.0936. The normalized spacial score (nSPS) is 21.9. The number of amides is 1. The number of aryl methyl sites for hydroxylation is 1. The molecule has 1 amide bonds. The molecule has 0 radical (unpaired) electrons. The molecule has 1 N–H and O–H groups in total. The van der Waals surface area contributed by atoms with Gasteiger partial charge in [0.25, 0.3) is 0 Å². The minimum Gasteiger partial charge on any atom is -1.00 e. The Labute approximate surface area is 258 Å². The van der Waals surface area contributed by atoms with Crippen LogP contribution in [0.15, 0.2) is 30.3 Å². The Balaban J connectivity index is 0.00000560. The molecule has 0 bridgehead atoms. The molecule has 4 atom stereocenters. The van der Waals surface area contributed by atoms with E-state index in [0.29, 0.717) is 25.3 Å². The molecule has 1 aromatic rings. The number of carbonyl (C=O) groups is 3. The molecule has 1 heterocycles. The zero-order chi connectivity index (χ0) is 28.4. The number of benzene rings is 1. The van der Waals surface area contributed by atoms with Crippen molar-refractivity contribution in [3.8, 4) is 0 Å². The third-order valence-corrected chi connectivity index (χ3v) is 10.4. The van der Waals surface area contributed by atoms with Gasteiger partial charge in [-0.25, -0.2) is 4.79 Å². The van der Waals surface area contributed by atoms with Crippen molar-refractivity contribution in [3.05, 3.63) is 35.9 Å². The van der Waals surface area contributed by atoms with E-state index in [1.807, 2.05) is 44.2 Å². The van der Waals surface area contributed by atoms with Gasteiger partial charge in [0.15, 0.2) is 0 Å². The van der Waals surface area contributed by atoms with Gasteiger partial charge in [0.2, 0.25) is 19.6 Å². The zero-order valence-electron chi connectivity index (χ0n) is 26.5. The van der Waals surface area contributed by atoms with Crippen LogP contribution in [0.3, 0.4) is 0 Å². The summed E-state index contributed by atoms with van der Waals surface area (Å²) in [5.74, 6) is -1.61. The van der Waals surface area contributed by atoms with Crippen molar-refractivity contribution in [2.75, 3.05) is 18.9 Å². The number of aliphatic carboxylic acids is 1. The van der Waals surface area contributed by atoms with Crippen LogP contribution in [0.4, 0.5) is 0 Å². The molecule has 222 valence electrons. The molecule has 3 rings (SSSR count). The Morgan fingerprint density at radius 3 is 2.35 bits per heavy atom. The number of nitrogens with zero attached hydrogens (tertiary/aromatic N) is 1. The van der Waals surface area contributed by atoms with Gasteiger partial charge in [-0.3, -0.25) is 18.7 Å². The van der Waals surface area contributed by atoms with Gasteiger partial charge < -0.3 is 17.6 Å². The van der Waals surface area contributed by atoms with Crippen LogP contribution in [0, 0.1) is 17.8 Å². The number of carbonyl (C=O) groups excluding carboxylic acids is 2. The number of carboxylic acid groups (broad SMARTS) is 1. The summed E-state index contributed by atoms with van der Waals surface area (Å²) >= 11 is 0. The summed E-state index contributed by atoms with van der Waals surface area (Å²) in [7, 11) is -3.60. The van der Waals surface area contributed by atoms with E-state index in [9.17, 15) is 24.1 Å². The van der Waals surface area contributed by atoms with Crippen LogP contribution >= 0.6 is 7.37 Å². The first-order valence-electron chi connectivity index (χ1n) is 14.6. The topological polar surface area (TPSA) is 110 Å². The van der Waals surface area contributed by atoms with Crippen LogP contribution < -0.4 is 0 Å². The number of likely N-dealkylation sites (tertiary alicyclic amines) is 1. The van der Waals surface area contributed by atoms with Crippen molar-refractivity contribution in [1.29, 1.82) is 0 Å².